The van der Waals surface area contributed by atoms with Crippen LogP contribution in [-0.4, -0.2) is 0 Å². The van der Waals surface area contributed by atoms with Crippen molar-refractivity contribution in [2.75, 3.05) is 0 Å². The summed E-state index contributed by atoms with van der Waals surface area (Å²) in [6.45, 7) is 22.5. The molecule has 0 bridgehead atoms. The Morgan fingerprint density at radius 1 is 0.417 bits per heavy atom. The largest absolute Gasteiger partial charge is 1.00 e. The van der Waals surface area contributed by atoms with E-state index in [4.69, 9.17) is 23.3 Å². The molecule has 0 amide bonds. The zero-order valence-corrected chi connectivity index (χ0v) is 10.2. The summed E-state index contributed by atoms with van der Waals surface area (Å²) in [7, 11) is 0. The Hall–Kier alpha value is 0.856. The van der Waals surface area contributed by atoms with Crippen LogP contribution < -0.4 is 51.4 Å². The van der Waals surface area contributed by atoms with Crippen molar-refractivity contribution in [2.24, 2.45) is 0 Å². The second-order valence-corrected chi connectivity index (χ2v) is 0. The summed E-state index contributed by atoms with van der Waals surface area (Å²) in [5.74, 6) is 0. The molecule has 7 heteroatoms. The Bertz CT molecular complexity index is 78.4. The second kappa shape index (κ2) is 1910. The van der Waals surface area contributed by atoms with Crippen molar-refractivity contribution in [3.05, 3.63) is 33.3 Å². The van der Waals surface area contributed by atoms with Gasteiger partial charge in [-0.3, -0.25) is 0 Å². The van der Waals surface area contributed by atoms with Crippen molar-refractivity contribution in [1.82, 2.24) is 0 Å². The number of hydrogen-bond donors (Lipinski definition) is 0. The van der Waals surface area contributed by atoms with Gasteiger partial charge >= 0.3 is 108 Å². The summed E-state index contributed by atoms with van der Waals surface area (Å²) in [4.78, 5) is 0. The van der Waals surface area contributed by atoms with Gasteiger partial charge in [-0.2, -0.15) is 0 Å². The van der Waals surface area contributed by atoms with Gasteiger partial charge in [-0.15, -0.1) is 0 Å². The molecule has 0 unspecified atom stereocenters. The van der Waals surface area contributed by atoms with Crippen LogP contribution in [0.4, 0.5) is 0 Å². The van der Waals surface area contributed by atoms with Gasteiger partial charge in [0.2, 0.25) is 0 Å². The molecule has 0 aliphatic carbocycles. The molecule has 0 spiro atoms. The van der Waals surface area contributed by atoms with Crippen LogP contribution >= 0.6 is 0 Å². The minimum absolute atomic E-state index is 0. The first-order chi connectivity index (χ1) is 5.00. The molecule has 0 aromatic carbocycles. The third-order valence-corrected chi connectivity index (χ3v) is 0. The quantitative estimate of drug-likeness (QED) is 0.240. The van der Waals surface area contributed by atoms with Crippen LogP contribution in [0.5, 0.6) is 0 Å². The molecule has 57 valence electrons. The third-order valence-electron chi connectivity index (χ3n) is 0. The summed E-state index contributed by atoms with van der Waals surface area (Å²) in [5.41, 5.74) is 0. The third kappa shape index (κ3) is 1440. The van der Waals surface area contributed by atoms with Crippen LogP contribution in [0, 0.1) is 33.3 Å². The van der Waals surface area contributed by atoms with Gasteiger partial charge in [0.1, 0.15) is 0 Å². The first kappa shape index (κ1) is 52.7. The molecule has 12 heavy (non-hydrogen) atoms. The Morgan fingerprint density at radius 2 is 0.417 bits per heavy atom. The number of hydrogen-bond acceptors (Lipinski definition) is 0. The van der Waals surface area contributed by atoms with Crippen LogP contribution in [0.25, 0.3) is 0 Å². The van der Waals surface area contributed by atoms with Gasteiger partial charge in [-0.05, 0) is 0 Å². The predicted molar refractivity (Wildman–Crippen MR) is 19.6 cm³/mol. The van der Waals surface area contributed by atoms with E-state index in [0.29, 0.717) is 0 Å². The molecule has 5 nitrogen and oxygen atoms in total. The normalized spacial score (nSPS) is 0.833. The van der Waals surface area contributed by atoms with Crippen LogP contribution in [0.2, 0.25) is 0 Å². The number of rotatable bonds is 0. The predicted octanol–water partition coefficient (Wildman–Crippen LogP) is -3.19. The van der Waals surface area contributed by atoms with Crippen LogP contribution in [0.15, 0.2) is 0 Å². The molecule has 0 aromatic rings. The maximum atomic E-state index is 7.50. The van der Waals surface area contributed by atoms with Gasteiger partial charge in [-0.25, -0.2) is 0 Å². The van der Waals surface area contributed by atoms with Gasteiger partial charge in [0.25, 0.3) is 0 Å². The van der Waals surface area contributed by atoms with Crippen LogP contribution in [0.3, 0.4) is 0 Å². The maximum Gasteiger partial charge on any atom is 1.00 e. The fourth-order valence-corrected chi connectivity index (χ4v) is 0. The zero-order chi connectivity index (χ0) is 10.0. The van der Waals surface area contributed by atoms with E-state index in [1.165, 1.54) is 0 Å². The summed E-state index contributed by atoms with van der Waals surface area (Å²) in [5, 5.41) is 0. The minimum atomic E-state index is 0. The Balaban J connectivity index is -0.00000000500. The molecule has 0 aliphatic heterocycles. The smallest absolute Gasteiger partial charge is 0 e. The fourth-order valence-electron chi connectivity index (χ4n) is 0. The standard InChI is InChI=1S/5CO.K.Mn/c5*1-2;;/q;;;;;+1;. The van der Waals surface area contributed by atoms with Crippen LogP contribution in [-0.2, 0) is 40.3 Å². The molecular formula is C5KMnO5+. The molecule has 0 aromatic heterocycles. The van der Waals surface area contributed by atoms with Crippen molar-refractivity contribution in [3.8, 4) is 0 Å². The van der Waals surface area contributed by atoms with E-state index in [0.717, 1.165) is 0 Å². The zero-order valence-electron chi connectivity index (χ0n) is 5.92. The van der Waals surface area contributed by atoms with E-state index >= 15 is 0 Å². The first-order valence-electron chi connectivity index (χ1n) is 1.02. The molecule has 0 fully saturated rings. The minimum Gasteiger partial charge on any atom is 0 e. The molecule has 0 saturated heterocycles. The molecule has 0 saturated carbocycles. The SMILES string of the molecule is [C-]#[O+].[C-]#[O+].[C-]#[O+].[C-]#[O+].[C-]#[O+].[K+].[Mn]. The average Bonchev–Trinajstić information content (AvgIpc) is 2.20. The van der Waals surface area contributed by atoms with Crippen molar-refractivity contribution in [1.29, 1.82) is 0 Å². The molecule has 0 aliphatic rings. The van der Waals surface area contributed by atoms with Gasteiger partial charge in [-0.1, -0.05) is 0 Å². The van der Waals surface area contributed by atoms with Gasteiger partial charge in [0, 0.05) is 17.1 Å². The molecule has 0 N–H and O–H groups in total. The van der Waals surface area contributed by atoms with E-state index in [9.17, 15) is 0 Å². The molecular weight excluding hydrogens is 234 g/mol. The Kier molecular flexibility index (Phi) is 8380. The van der Waals surface area contributed by atoms with Gasteiger partial charge in [0.05, 0.1) is 0 Å². The molecule has 0 rings (SSSR count). The van der Waals surface area contributed by atoms with Crippen molar-refractivity contribution in [3.63, 3.8) is 0 Å². The monoisotopic (exact) mass is 234 g/mol. The van der Waals surface area contributed by atoms with Crippen molar-refractivity contribution >= 4 is 0 Å². The van der Waals surface area contributed by atoms with E-state index in [1.54, 1.807) is 0 Å². The van der Waals surface area contributed by atoms with Crippen molar-refractivity contribution in [2.45, 2.75) is 0 Å². The van der Waals surface area contributed by atoms with E-state index < -0.39 is 0 Å². The first-order valence-corrected chi connectivity index (χ1v) is 1.02. The van der Waals surface area contributed by atoms with E-state index in [1.807, 2.05) is 0 Å². The summed E-state index contributed by atoms with van der Waals surface area (Å²) >= 11 is 0. The van der Waals surface area contributed by atoms with E-state index in [2.05, 4.69) is 33.3 Å². The Morgan fingerprint density at radius 3 is 0.417 bits per heavy atom. The van der Waals surface area contributed by atoms with Crippen LogP contribution in [0.1, 0.15) is 0 Å². The molecule has 0 atom stereocenters. The van der Waals surface area contributed by atoms with Gasteiger partial charge < -0.3 is 0 Å². The molecule has 1 radical (unpaired) electrons. The maximum absolute atomic E-state index is 7.50. The fraction of sp³-hybridized carbons (Fsp3) is 0. The summed E-state index contributed by atoms with van der Waals surface area (Å²) in [6.07, 6.45) is 0. The summed E-state index contributed by atoms with van der Waals surface area (Å²) in [6, 6.07) is 0. The average molecular weight is 234 g/mol. The summed E-state index contributed by atoms with van der Waals surface area (Å²) < 4.78 is 37.5. The molecule has 0 heterocycles. The Labute approximate surface area is 123 Å². The van der Waals surface area contributed by atoms with Gasteiger partial charge in [0.15, 0.2) is 0 Å². The topological polar surface area (TPSA) is 99.5 Å². The second-order valence-electron chi connectivity index (χ2n) is 0. The van der Waals surface area contributed by atoms with Crippen molar-refractivity contribution < 1.29 is 91.7 Å². The van der Waals surface area contributed by atoms with E-state index in [-0.39, 0.29) is 68.5 Å².